The van der Waals surface area contributed by atoms with Gasteiger partial charge in [0.2, 0.25) is 0 Å². The van der Waals surface area contributed by atoms with Crippen molar-refractivity contribution in [2.24, 2.45) is 5.92 Å². The van der Waals surface area contributed by atoms with E-state index in [1.165, 1.54) is 6.08 Å². The van der Waals surface area contributed by atoms with Crippen molar-refractivity contribution in [3.05, 3.63) is 42.5 Å². The van der Waals surface area contributed by atoms with Crippen molar-refractivity contribution >= 4 is 5.94 Å². The molecular weight excluding hydrogens is 136 g/mol. The van der Waals surface area contributed by atoms with Gasteiger partial charge in [-0.25, -0.2) is 4.79 Å². The lowest BCUT2D eigenvalue weighted by molar-refractivity contribution is 0.569. The van der Waals surface area contributed by atoms with E-state index in [2.05, 4.69) is 12.2 Å². The van der Waals surface area contributed by atoms with Gasteiger partial charge >= 0.3 is 0 Å². The fraction of sp³-hybridized carbons (Fsp3) is 0.200. The highest BCUT2D eigenvalue weighted by Crippen LogP contribution is 2.12. The van der Waals surface area contributed by atoms with Crippen molar-refractivity contribution < 1.29 is 4.79 Å². The quantitative estimate of drug-likeness (QED) is 0.430. The van der Waals surface area contributed by atoms with Gasteiger partial charge in [0.05, 0.1) is 0 Å². The van der Waals surface area contributed by atoms with Crippen LogP contribution in [0.3, 0.4) is 0 Å². The first-order valence-electron chi connectivity index (χ1n) is 3.64. The summed E-state index contributed by atoms with van der Waals surface area (Å²) in [4.78, 5) is 9.78. The second kappa shape index (κ2) is 4.48. The zero-order valence-corrected chi connectivity index (χ0v) is 6.23. The van der Waals surface area contributed by atoms with Crippen LogP contribution in [0.4, 0.5) is 0 Å². The molecule has 0 fully saturated rings. The summed E-state index contributed by atoms with van der Waals surface area (Å²) in [5, 5.41) is 0. The molecule has 0 aromatic heterocycles. The Balaban J connectivity index is 2.44. The fourth-order valence-corrected chi connectivity index (χ4v) is 0.980. The third-order valence-electron chi connectivity index (χ3n) is 1.54. The summed E-state index contributed by atoms with van der Waals surface area (Å²) in [7, 11) is 0. The standard InChI is InChI=1S/C10H10O/c11-9-5-4-8-10-6-2-1-3-7-10/h1-6,8,10H,7H2/b8-4-. The highest BCUT2D eigenvalue weighted by atomic mass is 16.1. The van der Waals surface area contributed by atoms with Crippen LogP contribution in [0.2, 0.25) is 0 Å². The SMILES string of the molecule is O=C=C/C=C\C1C=CC=CC1. The molecule has 1 nitrogen and oxygen atoms in total. The Bertz CT molecular complexity index is 240. The summed E-state index contributed by atoms with van der Waals surface area (Å²) in [6, 6.07) is 0. The summed E-state index contributed by atoms with van der Waals surface area (Å²) in [6.45, 7) is 0. The molecule has 0 amide bonds. The first kappa shape index (κ1) is 7.77. The predicted molar refractivity (Wildman–Crippen MR) is 45.8 cm³/mol. The van der Waals surface area contributed by atoms with Gasteiger partial charge < -0.3 is 0 Å². The van der Waals surface area contributed by atoms with Crippen LogP contribution in [0.25, 0.3) is 0 Å². The topological polar surface area (TPSA) is 17.1 Å². The molecule has 0 N–H and O–H groups in total. The normalized spacial score (nSPS) is 22.0. The molecule has 0 spiro atoms. The van der Waals surface area contributed by atoms with Crippen molar-refractivity contribution in [3.8, 4) is 0 Å². The van der Waals surface area contributed by atoms with E-state index in [0.29, 0.717) is 5.92 Å². The molecule has 0 radical (unpaired) electrons. The van der Waals surface area contributed by atoms with E-state index in [4.69, 9.17) is 0 Å². The van der Waals surface area contributed by atoms with Crippen LogP contribution in [-0.2, 0) is 4.79 Å². The van der Waals surface area contributed by atoms with Gasteiger partial charge in [-0.15, -0.1) is 0 Å². The monoisotopic (exact) mass is 146 g/mol. The first-order chi connectivity index (χ1) is 5.43. The number of hydrogen-bond acceptors (Lipinski definition) is 1. The fourth-order valence-electron chi connectivity index (χ4n) is 0.980. The minimum Gasteiger partial charge on any atom is -0.234 e. The second-order valence-electron chi connectivity index (χ2n) is 2.38. The van der Waals surface area contributed by atoms with E-state index in [0.717, 1.165) is 6.42 Å². The summed E-state index contributed by atoms with van der Waals surface area (Å²) in [5.74, 6) is 2.15. The molecule has 1 aliphatic carbocycles. The van der Waals surface area contributed by atoms with Crippen LogP contribution in [0.1, 0.15) is 6.42 Å². The molecule has 0 aliphatic heterocycles. The number of allylic oxidation sites excluding steroid dienone is 7. The molecule has 0 aromatic rings. The average Bonchev–Trinajstić information content (AvgIpc) is 2.07. The molecule has 0 saturated carbocycles. The van der Waals surface area contributed by atoms with Crippen LogP contribution in [0, 0.1) is 5.92 Å². The third-order valence-corrected chi connectivity index (χ3v) is 1.54. The maximum atomic E-state index is 9.78. The molecule has 1 unspecified atom stereocenters. The maximum Gasteiger partial charge on any atom is 0.124 e. The van der Waals surface area contributed by atoms with Gasteiger partial charge in [-0.2, -0.15) is 0 Å². The molecule has 1 atom stereocenters. The molecule has 0 saturated heterocycles. The molecule has 0 bridgehead atoms. The van der Waals surface area contributed by atoms with Gasteiger partial charge in [-0.1, -0.05) is 36.5 Å². The lowest BCUT2D eigenvalue weighted by Crippen LogP contribution is -1.91. The lowest BCUT2D eigenvalue weighted by atomic mass is 10.0. The van der Waals surface area contributed by atoms with Gasteiger partial charge in [-0.3, -0.25) is 0 Å². The Morgan fingerprint density at radius 1 is 1.45 bits per heavy atom. The molecule has 56 valence electrons. The van der Waals surface area contributed by atoms with Crippen molar-refractivity contribution in [2.75, 3.05) is 0 Å². The highest BCUT2D eigenvalue weighted by Gasteiger charge is 1.97. The van der Waals surface area contributed by atoms with Crippen LogP contribution in [0.15, 0.2) is 42.5 Å². The zero-order valence-electron chi connectivity index (χ0n) is 6.23. The van der Waals surface area contributed by atoms with Crippen LogP contribution >= 0.6 is 0 Å². The lowest BCUT2D eigenvalue weighted by Gasteiger charge is -2.05. The van der Waals surface area contributed by atoms with Crippen molar-refractivity contribution in [1.29, 1.82) is 0 Å². The van der Waals surface area contributed by atoms with Gasteiger partial charge in [0.15, 0.2) is 0 Å². The largest absolute Gasteiger partial charge is 0.234 e. The van der Waals surface area contributed by atoms with Crippen LogP contribution < -0.4 is 0 Å². The van der Waals surface area contributed by atoms with E-state index in [1.807, 2.05) is 18.2 Å². The number of rotatable bonds is 2. The Morgan fingerprint density at radius 2 is 2.36 bits per heavy atom. The Morgan fingerprint density at radius 3 is 3.00 bits per heavy atom. The molecule has 1 heteroatoms. The molecule has 0 aromatic carbocycles. The molecule has 11 heavy (non-hydrogen) atoms. The van der Waals surface area contributed by atoms with Crippen molar-refractivity contribution in [3.63, 3.8) is 0 Å². The highest BCUT2D eigenvalue weighted by molar-refractivity contribution is 5.48. The van der Waals surface area contributed by atoms with Gasteiger partial charge in [0.1, 0.15) is 5.94 Å². The van der Waals surface area contributed by atoms with Crippen LogP contribution in [-0.4, -0.2) is 5.94 Å². The summed E-state index contributed by atoms with van der Waals surface area (Å²) in [6.07, 6.45) is 14.4. The molecular formula is C10H10O. The average molecular weight is 146 g/mol. The molecule has 1 aliphatic rings. The van der Waals surface area contributed by atoms with Gasteiger partial charge in [0, 0.05) is 6.08 Å². The van der Waals surface area contributed by atoms with Crippen molar-refractivity contribution in [1.82, 2.24) is 0 Å². The Kier molecular flexibility index (Phi) is 3.17. The minimum atomic E-state index is 0.449. The summed E-state index contributed by atoms with van der Waals surface area (Å²) < 4.78 is 0. The van der Waals surface area contributed by atoms with E-state index in [-0.39, 0.29) is 0 Å². The zero-order chi connectivity index (χ0) is 7.94. The maximum absolute atomic E-state index is 9.78. The number of hydrogen-bond donors (Lipinski definition) is 0. The second-order valence-corrected chi connectivity index (χ2v) is 2.38. The van der Waals surface area contributed by atoms with Gasteiger partial charge in [0.25, 0.3) is 0 Å². The van der Waals surface area contributed by atoms with E-state index in [1.54, 1.807) is 12.0 Å². The van der Waals surface area contributed by atoms with E-state index in [9.17, 15) is 4.79 Å². The number of carbonyl (C=O) groups excluding carboxylic acids is 1. The Hall–Kier alpha value is -1.33. The van der Waals surface area contributed by atoms with E-state index >= 15 is 0 Å². The van der Waals surface area contributed by atoms with Crippen LogP contribution in [0.5, 0.6) is 0 Å². The van der Waals surface area contributed by atoms with Crippen molar-refractivity contribution in [2.45, 2.75) is 6.42 Å². The third kappa shape index (κ3) is 2.83. The summed E-state index contributed by atoms with van der Waals surface area (Å²) in [5.41, 5.74) is 0. The predicted octanol–water partition coefficient (Wildman–Crippen LogP) is 2.06. The first-order valence-corrected chi connectivity index (χ1v) is 3.64. The Labute approximate surface area is 66.4 Å². The smallest absolute Gasteiger partial charge is 0.124 e. The molecule has 0 heterocycles. The minimum absolute atomic E-state index is 0.449. The van der Waals surface area contributed by atoms with E-state index < -0.39 is 0 Å². The van der Waals surface area contributed by atoms with Gasteiger partial charge in [-0.05, 0) is 12.3 Å². The molecule has 1 rings (SSSR count). The summed E-state index contributed by atoms with van der Waals surface area (Å²) >= 11 is 0.